The van der Waals surface area contributed by atoms with Crippen LogP contribution in [0.3, 0.4) is 0 Å². The SMILES string of the molecule is Nc1n[nH]c(C(=O)NCC2(O)CCCCCC2)n1. The van der Waals surface area contributed by atoms with Gasteiger partial charge in [0.1, 0.15) is 0 Å². The lowest BCUT2D eigenvalue weighted by molar-refractivity contribution is 0.0245. The minimum Gasteiger partial charge on any atom is -0.388 e. The summed E-state index contributed by atoms with van der Waals surface area (Å²) in [7, 11) is 0. The molecule has 0 spiro atoms. The summed E-state index contributed by atoms with van der Waals surface area (Å²) >= 11 is 0. The summed E-state index contributed by atoms with van der Waals surface area (Å²) < 4.78 is 0. The van der Waals surface area contributed by atoms with Crippen molar-refractivity contribution in [3.8, 4) is 0 Å². The van der Waals surface area contributed by atoms with Gasteiger partial charge in [0.25, 0.3) is 5.91 Å². The molecule has 0 aliphatic heterocycles. The summed E-state index contributed by atoms with van der Waals surface area (Å²) in [6.07, 6.45) is 5.75. The van der Waals surface area contributed by atoms with E-state index < -0.39 is 11.5 Å². The Hall–Kier alpha value is -1.63. The number of nitrogens with one attached hydrogen (secondary N) is 2. The number of aliphatic hydroxyl groups is 1. The largest absolute Gasteiger partial charge is 0.388 e. The Balaban J connectivity index is 1.88. The Labute approximate surface area is 105 Å². The van der Waals surface area contributed by atoms with Crippen LogP contribution in [0, 0.1) is 0 Å². The first kappa shape index (κ1) is 12.8. The zero-order chi connectivity index (χ0) is 13.0. The molecule has 0 unspecified atom stereocenters. The van der Waals surface area contributed by atoms with E-state index in [1.807, 2.05) is 0 Å². The van der Waals surface area contributed by atoms with Crippen molar-refractivity contribution in [2.45, 2.75) is 44.1 Å². The maximum Gasteiger partial charge on any atom is 0.288 e. The third-order valence-electron chi connectivity index (χ3n) is 3.33. The molecule has 0 saturated heterocycles. The third kappa shape index (κ3) is 3.19. The molecule has 1 aromatic heterocycles. The quantitative estimate of drug-likeness (QED) is 0.574. The molecule has 1 amide bonds. The number of hydrogen-bond acceptors (Lipinski definition) is 5. The summed E-state index contributed by atoms with van der Waals surface area (Å²) in [6.45, 7) is 0.242. The standard InChI is InChI=1S/C11H19N5O2/c12-10-14-8(15-16-10)9(17)13-7-11(18)5-3-1-2-4-6-11/h18H,1-7H2,(H,13,17)(H3,12,14,15,16). The molecule has 1 saturated carbocycles. The number of rotatable bonds is 3. The number of anilines is 1. The van der Waals surface area contributed by atoms with E-state index in [-0.39, 0.29) is 18.3 Å². The Morgan fingerprint density at radius 1 is 1.39 bits per heavy atom. The highest BCUT2D eigenvalue weighted by molar-refractivity contribution is 5.90. The number of nitrogens with two attached hydrogens (primary N) is 1. The molecule has 1 aromatic rings. The van der Waals surface area contributed by atoms with Gasteiger partial charge in [-0.25, -0.2) is 0 Å². The number of carbonyl (C=O) groups is 1. The minimum absolute atomic E-state index is 0.0355. The first-order valence-electron chi connectivity index (χ1n) is 6.28. The normalized spacial score (nSPS) is 19.2. The molecule has 7 heteroatoms. The second kappa shape index (κ2) is 5.34. The van der Waals surface area contributed by atoms with Crippen molar-refractivity contribution in [1.29, 1.82) is 0 Å². The molecule has 0 bridgehead atoms. The van der Waals surface area contributed by atoms with Crippen LogP contribution in [0.5, 0.6) is 0 Å². The van der Waals surface area contributed by atoms with Gasteiger partial charge in [0, 0.05) is 6.54 Å². The van der Waals surface area contributed by atoms with Gasteiger partial charge in [-0.05, 0) is 12.8 Å². The smallest absolute Gasteiger partial charge is 0.288 e. The third-order valence-corrected chi connectivity index (χ3v) is 3.33. The van der Waals surface area contributed by atoms with Crippen LogP contribution in [0.4, 0.5) is 5.95 Å². The van der Waals surface area contributed by atoms with E-state index in [0.29, 0.717) is 0 Å². The van der Waals surface area contributed by atoms with E-state index in [2.05, 4.69) is 20.5 Å². The van der Waals surface area contributed by atoms with Crippen molar-refractivity contribution in [1.82, 2.24) is 20.5 Å². The van der Waals surface area contributed by atoms with E-state index >= 15 is 0 Å². The summed E-state index contributed by atoms with van der Waals surface area (Å²) in [4.78, 5) is 15.5. The van der Waals surface area contributed by atoms with E-state index in [4.69, 9.17) is 5.73 Å². The molecule has 18 heavy (non-hydrogen) atoms. The number of aromatic amines is 1. The molecule has 1 heterocycles. The molecule has 0 atom stereocenters. The average Bonchev–Trinajstić information content (AvgIpc) is 2.66. The number of nitrogens with zero attached hydrogens (tertiary/aromatic N) is 2. The van der Waals surface area contributed by atoms with Crippen molar-refractivity contribution in [2.75, 3.05) is 12.3 Å². The van der Waals surface area contributed by atoms with Gasteiger partial charge >= 0.3 is 0 Å². The number of H-pyrrole nitrogens is 1. The number of nitrogen functional groups attached to an aromatic ring is 1. The van der Waals surface area contributed by atoms with Crippen molar-refractivity contribution in [3.05, 3.63) is 5.82 Å². The highest BCUT2D eigenvalue weighted by Gasteiger charge is 2.28. The molecule has 7 nitrogen and oxygen atoms in total. The molecule has 0 radical (unpaired) electrons. The maximum atomic E-state index is 11.7. The van der Waals surface area contributed by atoms with E-state index in [0.717, 1.165) is 38.5 Å². The van der Waals surface area contributed by atoms with Crippen LogP contribution in [0.15, 0.2) is 0 Å². The van der Waals surface area contributed by atoms with E-state index in [1.165, 1.54) is 0 Å². The number of carbonyl (C=O) groups excluding carboxylic acids is 1. The lowest BCUT2D eigenvalue weighted by Crippen LogP contribution is -2.42. The molecular formula is C11H19N5O2. The summed E-state index contributed by atoms with van der Waals surface area (Å²) in [6, 6.07) is 0. The highest BCUT2D eigenvalue weighted by atomic mass is 16.3. The molecule has 1 aliphatic carbocycles. The molecule has 0 aromatic carbocycles. The minimum atomic E-state index is -0.794. The number of hydrogen-bond donors (Lipinski definition) is 4. The highest BCUT2D eigenvalue weighted by Crippen LogP contribution is 2.26. The average molecular weight is 253 g/mol. The van der Waals surface area contributed by atoms with E-state index in [9.17, 15) is 9.90 Å². The first-order valence-corrected chi connectivity index (χ1v) is 6.28. The topological polar surface area (TPSA) is 117 Å². The van der Waals surface area contributed by atoms with Gasteiger partial charge in [-0.3, -0.25) is 9.89 Å². The zero-order valence-electron chi connectivity index (χ0n) is 10.3. The van der Waals surface area contributed by atoms with Crippen LogP contribution in [0.1, 0.15) is 49.1 Å². The fourth-order valence-corrected chi connectivity index (χ4v) is 2.27. The Bertz CT molecular complexity index is 409. The van der Waals surface area contributed by atoms with Crippen molar-refractivity contribution in [3.63, 3.8) is 0 Å². The van der Waals surface area contributed by atoms with Gasteiger partial charge in [0.2, 0.25) is 11.8 Å². The Morgan fingerprint density at radius 3 is 2.61 bits per heavy atom. The van der Waals surface area contributed by atoms with Gasteiger partial charge < -0.3 is 16.2 Å². The number of amides is 1. The van der Waals surface area contributed by atoms with Gasteiger partial charge in [0.15, 0.2) is 0 Å². The van der Waals surface area contributed by atoms with E-state index in [1.54, 1.807) is 0 Å². The van der Waals surface area contributed by atoms with Gasteiger partial charge in [-0.15, -0.1) is 5.10 Å². The van der Waals surface area contributed by atoms with Crippen LogP contribution in [-0.2, 0) is 0 Å². The monoisotopic (exact) mass is 253 g/mol. The predicted molar refractivity (Wildman–Crippen MR) is 65.8 cm³/mol. The predicted octanol–water partition coefficient (Wildman–Crippen LogP) is 0.202. The first-order chi connectivity index (χ1) is 8.59. The molecule has 100 valence electrons. The zero-order valence-corrected chi connectivity index (χ0v) is 10.3. The summed E-state index contributed by atoms with van der Waals surface area (Å²) in [5, 5.41) is 19.1. The fourth-order valence-electron chi connectivity index (χ4n) is 2.27. The van der Waals surface area contributed by atoms with Crippen LogP contribution >= 0.6 is 0 Å². The summed E-state index contributed by atoms with van der Waals surface area (Å²) in [5.41, 5.74) is 4.53. The van der Waals surface area contributed by atoms with Crippen LogP contribution in [0.25, 0.3) is 0 Å². The molecule has 1 aliphatic rings. The van der Waals surface area contributed by atoms with Crippen molar-refractivity contribution >= 4 is 11.9 Å². The lowest BCUT2D eigenvalue weighted by Gasteiger charge is -2.26. The van der Waals surface area contributed by atoms with Crippen LogP contribution < -0.4 is 11.1 Å². The Kier molecular flexibility index (Phi) is 3.81. The number of aromatic nitrogens is 3. The second-order valence-corrected chi connectivity index (χ2v) is 4.86. The molecule has 1 fully saturated rings. The fraction of sp³-hybridized carbons (Fsp3) is 0.727. The van der Waals surface area contributed by atoms with Crippen molar-refractivity contribution in [2.24, 2.45) is 0 Å². The van der Waals surface area contributed by atoms with Gasteiger partial charge in [0.05, 0.1) is 5.60 Å². The molecular weight excluding hydrogens is 234 g/mol. The maximum absolute atomic E-state index is 11.7. The van der Waals surface area contributed by atoms with Gasteiger partial charge in [-0.1, -0.05) is 25.7 Å². The molecule has 2 rings (SSSR count). The van der Waals surface area contributed by atoms with Crippen LogP contribution in [-0.4, -0.2) is 38.3 Å². The summed E-state index contributed by atoms with van der Waals surface area (Å²) in [5.74, 6) is -0.282. The lowest BCUT2D eigenvalue weighted by atomic mass is 9.94. The Morgan fingerprint density at radius 2 is 2.06 bits per heavy atom. The van der Waals surface area contributed by atoms with Crippen molar-refractivity contribution < 1.29 is 9.90 Å². The van der Waals surface area contributed by atoms with Gasteiger partial charge in [-0.2, -0.15) is 4.98 Å². The second-order valence-electron chi connectivity index (χ2n) is 4.86. The van der Waals surface area contributed by atoms with Crippen LogP contribution in [0.2, 0.25) is 0 Å². The molecule has 5 N–H and O–H groups in total.